The van der Waals surface area contributed by atoms with E-state index in [0.717, 1.165) is 22.4 Å². The molecule has 4 atom stereocenters. The van der Waals surface area contributed by atoms with Gasteiger partial charge in [0.15, 0.2) is 23.2 Å². The Morgan fingerprint density at radius 3 is 2.08 bits per heavy atom. The van der Waals surface area contributed by atoms with Crippen LogP contribution >= 0.6 is 0 Å². The number of halogens is 1. The van der Waals surface area contributed by atoms with Gasteiger partial charge in [-0.3, -0.25) is 4.57 Å². The minimum Gasteiger partial charge on any atom is -0.497 e. The molecule has 0 spiro atoms. The van der Waals surface area contributed by atoms with Crippen molar-refractivity contribution in [3.8, 4) is 11.6 Å². The number of anilines is 1. The van der Waals surface area contributed by atoms with Crippen molar-refractivity contribution in [2.45, 2.75) is 75.9 Å². The molecule has 0 bridgehead atoms. The monoisotopic (exact) mass is 667 g/mol. The van der Waals surface area contributed by atoms with Crippen molar-refractivity contribution in [3.05, 3.63) is 108 Å². The third kappa shape index (κ3) is 5.31. The maximum absolute atomic E-state index is 14.9. The number of fused-ring (bicyclic) bond motifs is 2. The Morgan fingerprint density at radius 1 is 0.878 bits per heavy atom. The first-order valence-corrected chi connectivity index (χ1v) is 16.7. The highest BCUT2D eigenvalue weighted by atomic mass is 19.1. The summed E-state index contributed by atoms with van der Waals surface area (Å²) in [6, 6.07) is 28.2. The van der Waals surface area contributed by atoms with Crippen molar-refractivity contribution in [2.24, 2.45) is 0 Å². The average molecular weight is 668 g/mol. The zero-order chi connectivity index (χ0) is 34.4. The molecule has 256 valence electrons. The standard InChI is InChI=1S/C38H42FN5O5/c1-7-37(23-39)32-36(5,49-35(3,4)47-32)33(48-37)44-24-40-29-30(44)41-34(42-31(29)46-8-2)43-38(25-15-11-9-12-16-25,26-17-13-10-14-18-26)27-19-21-28(45-6)22-20-27/h9-22,24,32-33H,7-8,23H2,1-6H3,(H,41,42,43)/t32-,33+,36+,37-/m0/s1. The van der Waals surface area contributed by atoms with Gasteiger partial charge in [-0.1, -0.05) is 79.7 Å². The summed E-state index contributed by atoms with van der Waals surface area (Å²) in [6.07, 6.45) is 0.531. The van der Waals surface area contributed by atoms with Gasteiger partial charge in [0.05, 0.1) is 20.0 Å². The SMILES string of the molecule is CCOc1nc(NC(c2ccccc2)(c2ccccc2)c2ccc(OC)cc2)nc2c1ncn2[C@@H]1O[C@@](CC)(CF)[C@H]2OC(C)(C)O[C@]21C. The van der Waals surface area contributed by atoms with Crippen LogP contribution in [0.3, 0.4) is 0 Å². The van der Waals surface area contributed by atoms with E-state index in [0.29, 0.717) is 30.1 Å². The fraction of sp³-hybridized carbons (Fsp3) is 0.395. The molecule has 0 radical (unpaired) electrons. The van der Waals surface area contributed by atoms with Crippen molar-refractivity contribution < 1.29 is 28.1 Å². The Bertz CT molecular complexity index is 1880. The highest BCUT2D eigenvalue weighted by Gasteiger charge is 2.70. The summed E-state index contributed by atoms with van der Waals surface area (Å²) in [7, 11) is 1.65. The van der Waals surface area contributed by atoms with Crippen molar-refractivity contribution in [1.29, 1.82) is 0 Å². The molecule has 1 N–H and O–H groups in total. The van der Waals surface area contributed by atoms with Crippen LogP contribution in [-0.2, 0) is 19.7 Å². The predicted octanol–water partition coefficient (Wildman–Crippen LogP) is 7.19. The highest BCUT2D eigenvalue weighted by Crippen LogP contribution is 2.56. The van der Waals surface area contributed by atoms with Crippen LogP contribution < -0.4 is 14.8 Å². The van der Waals surface area contributed by atoms with Gasteiger partial charge in [-0.15, -0.1) is 0 Å². The van der Waals surface area contributed by atoms with Crippen molar-refractivity contribution in [3.63, 3.8) is 0 Å². The molecular formula is C38H42FN5O5. The van der Waals surface area contributed by atoms with Gasteiger partial charge < -0.3 is 29.0 Å². The number of benzene rings is 3. The van der Waals surface area contributed by atoms with E-state index in [9.17, 15) is 4.39 Å². The fourth-order valence-corrected chi connectivity index (χ4v) is 7.47. The molecule has 11 heteroatoms. The average Bonchev–Trinajstić information content (AvgIpc) is 3.73. The van der Waals surface area contributed by atoms with Crippen LogP contribution in [-0.4, -0.2) is 63.0 Å². The third-order valence-corrected chi connectivity index (χ3v) is 9.69. The topological polar surface area (TPSA) is 102 Å². The molecule has 2 saturated heterocycles. The van der Waals surface area contributed by atoms with Gasteiger partial charge in [0.25, 0.3) is 0 Å². The van der Waals surface area contributed by atoms with E-state index in [1.807, 2.05) is 95.3 Å². The number of rotatable bonds is 11. The first-order chi connectivity index (χ1) is 23.6. The number of imidazole rings is 1. The number of alkyl halides is 1. The molecule has 0 saturated carbocycles. The minimum absolute atomic E-state index is 0.289. The molecule has 2 aliphatic rings. The number of aromatic nitrogens is 4. The van der Waals surface area contributed by atoms with Gasteiger partial charge in [-0.25, -0.2) is 9.37 Å². The smallest absolute Gasteiger partial charge is 0.247 e. The number of ether oxygens (including phenoxy) is 5. The highest BCUT2D eigenvalue weighted by molar-refractivity contribution is 5.78. The van der Waals surface area contributed by atoms with Crippen LogP contribution in [0.2, 0.25) is 0 Å². The van der Waals surface area contributed by atoms with E-state index >= 15 is 0 Å². The van der Waals surface area contributed by atoms with Crippen LogP contribution in [0, 0.1) is 0 Å². The lowest BCUT2D eigenvalue weighted by Crippen LogP contribution is -2.48. The number of nitrogens with zero attached hydrogens (tertiary/aromatic N) is 4. The second kappa shape index (κ2) is 12.4. The summed E-state index contributed by atoms with van der Waals surface area (Å²) in [6.45, 7) is 8.97. The molecule has 2 aromatic heterocycles. The molecule has 0 amide bonds. The summed E-state index contributed by atoms with van der Waals surface area (Å²) in [4.78, 5) is 14.7. The van der Waals surface area contributed by atoms with Gasteiger partial charge >= 0.3 is 0 Å². The van der Waals surface area contributed by atoms with Crippen LogP contribution in [0.5, 0.6) is 11.6 Å². The molecule has 2 fully saturated rings. The van der Waals surface area contributed by atoms with E-state index in [-0.39, 0.29) is 5.95 Å². The Morgan fingerprint density at radius 2 is 1.51 bits per heavy atom. The first-order valence-electron chi connectivity index (χ1n) is 16.7. The molecule has 3 aromatic carbocycles. The minimum atomic E-state index is -1.22. The van der Waals surface area contributed by atoms with Crippen molar-refractivity contribution >= 4 is 17.1 Å². The van der Waals surface area contributed by atoms with E-state index in [1.165, 1.54) is 0 Å². The van der Waals surface area contributed by atoms with Gasteiger partial charge in [0, 0.05) is 0 Å². The number of methoxy groups -OCH3 is 1. The van der Waals surface area contributed by atoms with Crippen LogP contribution in [0.4, 0.5) is 10.3 Å². The molecule has 0 aliphatic carbocycles. The molecule has 49 heavy (non-hydrogen) atoms. The largest absolute Gasteiger partial charge is 0.497 e. The van der Waals surface area contributed by atoms with Crippen molar-refractivity contribution in [1.82, 2.24) is 19.5 Å². The quantitative estimate of drug-likeness (QED) is 0.147. The Balaban J connectivity index is 1.43. The molecule has 10 nitrogen and oxygen atoms in total. The van der Waals surface area contributed by atoms with Crippen LogP contribution in [0.25, 0.3) is 11.2 Å². The first kappa shape index (κ1) is 32.9. The van der Waals surface area contributed by atoms with E-state index in [4.69, 9.17) is 38.6 Å². The Labute approximate surface area is 285 Å². The van der Waals surface area contributed by atoms with Gasteiger partial charge in [0.1, 0.15) is 35.3 Å². The zero-order valence-electron chi connectivity index (χ0n) is 28.6. The summed E-state index contributed by atoms with van der Waals surface area (Å²) in [5.74, 6) is 0.376. The molecule has 4 heterocycles. The zero-order valence-corrected chi connectivity index (χ0v) is 28.6. The number of hydrogen-bond acceptors (Lipinski definition) is 9. The third-order valence-electron chi connectivity index (χ3n) is 9.69. The summed E-state index contributed by atoms with van der Waals surface area (Å²) >= 11 is 0. The van der Waals surface area contributed by atoms with Gasteiger partial charge in [-0.2, -0.15) is 9.97 Å². The van der Waals surface area contributed by atoms with Crippen molar-refractivity contribution in [2.75, 3.05) is 25.7 Å². The second-order valence-electron chi connectivity index (χ2n) is 13.2. The maximum atomic E-state index is 14.9. The number of hydrogen-bond donors (Lipinski definition) is 1. The summed E-state index contributed by atoms with van der Waals surface area (Å²) < 4.78 is 47.8. The summed E-state index contributed by atoms with van der Waals surface area (Å²) in [5.41, 5.74) is 0.527. The maximum Gasteiger partial charge on any atom is 0.247 e. The molecular weight excluding hydrogens is 625 g/mol. The number of nitrogens with one attached hydrogen (secondary N) is 1. The van der Waals surface area contributed by atoms with E-state index < -0.39 is 41.5 Å². The Kier molecular flexibility index (Phi) is 8.33. The van der Waals surface area contributed by atoms with E-state index in [2.05, 4.69) is 29.6 Å². The van der Waals surface area contributed by atoms with E-state index in [1.54, 1.807) is 18.0 Å². The molecule has 5 aromatic rings. The van der Waals surface area contributed by atoms with Gasteiger partial charge in [0.2, 0.25) is 11.8 Å². The molecule has 7 rings (SSSR count). The lowest BCUT2D eigenvalue weighted by Gasteiger charge is -2.37. The molecule has 2 aliphatic heterocycles. The lowest BCUT2D eigenvalue weighted by molar-refractivity contribution is -0.235. The summed E-state index contributed by atoms with van der Waals surface area (Å²) in [5, 5.41) is 3.74. The predicted molar refractivity (Wildman–Crippen MR) is 183 cm³/mol. The Hall–Kier alpha value is -4.58. The second-order valence-corrected chi connectivity index (χ2v) is 13.2. The van der Waals surface area contributed by atoms with Crippen LogP contribution in [0.1, 0.15) is 64.0 Å². The normalized spacial score (nSPS) is 24.6. The fourth-order valence-electron chi connectivity index (χ4n) is 7.47. The lowest BCUT2D eigenvalue weighted by atomic mass is 9.77. The van der Waals surface area contributed by atoms with Crippen LogP contribution in [0.15, 0.2) is 91.3 Å². The van der Waals surface area contributed by atoms with Gasteiger partial charge in [-0.05, 0) is 62.9 Å². The molecule has 0 unspecified atom stereocenters.